The minimum Gasteiger partial charge on any atom is -0.482 e. The Bertz CT molecular complexity index is 520. The predicted molar refractivity (Wildman–Crippen MR) is 69.0 cm³/mol. The van der Waals surface area contributed by atoms with Gasteiger partial charge in [0.15, 0.2) is 6.61 Å². The van der Waals surface area contributed by atoms with Crippen molar-refractivity contribution in [2.45, 2.75) is 18.6 Å². The normalized spacial score (nSPS) is 15.9. The summed E-state index contributed by atoms with van der Waals surface area (Å²) in [6.45, 7) is -1.42. The first-order valence-electron chi connectivity index (χ1n) is 6.32. The van der Waals surface area contributed by atoms with Gasteiger partial charge in [-0.25, -0.2) is 0 Å². The number of carbonyl (C=O) groups is 1. The third-order valence-electron chi connectivity index (χ3n) is 2.90. The molecule has 0 bridgehead atoms. The van der Waals surface area contributed by atoms with E-state index in [4.69, 9.17) is 10.5 Å². The number of benzene rings is 1. The lowest BCUT2D eigenvalue weighted by Crippen LogP contribution is -2.25. The molecule has 1 aliphatic rings. The number of alkyl halides is 3. The van der Waals surface area contributed by atoms with Crippen molar-refractivity contribution in [2.24, 2.45) is 5.73 Å². The molecule has 3 N–H and O–H groups in total. The molecule has 21 heavy (non-hydrogen) atoms. The van der Waals surface area contributed by atoms with Crippen molar-refractivity contribution in [3.63, 3.8) is 0 Å². The van der Waals surface area contributed by atoms with Gasteiger partial charge >= 0.3 is 6.18 Å². The van der Waals surface area contributed by atoms with Crippen molar-refractivity contribution in [1.29, 1.82) is 0 Å². The molecule has 116 valence electrons. The molecule has 1 aromatic rings. The van der Waals surface area contributed by atoms with E-state index in [9.17, 15) is 18.0 Å². The maximum Gasteiger partial charge on any atom is 0.411 e. The Morgan fingerprint density at radius 2 is 2.19 bits per heavy atom. The highest BCUT2D eigenvalue weighted by atomic mass is 19.4. The van der Waals surface area contributed by atoms with Crippen LogP contribution in [0.2, 0.25) is 0 Å². The van der Waals surface area contributed by atoms with Crippen molar-refractivity contribution < 1.29 is 27.4 Å². The van der Waals surface area contributed by atoms with Gasteiger partial charge in [-0.15, -0.1) is 0 Å². The van der Waals surface area contributed by atoms with Crippen LogP contribution in [0.15, 0.2) is 18.2 Å². The van der Waals surface area contributed by atoms with Crippen LogP contribution in [0.3, 0.4) is 0 Å². The van der Waals surface area contributed by atoms with Crippen molar-refractivity contribution >= 4 is 11.6 Å². The number of nitrogens with two attached hydrogens (primary N) is 1. The van der Waals surface area contributed by atoms with E-state index in [0.29, 0.717) is 17.0 Å². The van der Waals surface area contributed by atoms with Crippen molar-refractivity contribution in [3.05, 3.63) is 23.8 Å². The molecule has 0 saturated carbocycles. The van der Waals surface area contributed by atoms with Crippen molar-refractivity contribution in [3.8, 4) is 5.75 Å². The first-order valence-corrected chi connectivity index (χ1v) is 6.32. The number of ether oxygens (including phenoxy) is 2. The van der Waals surface area contributed by atoms with Gasteiger partial charge in [-0.2, -0.15) is 13.2 Å². The molecule has 5 nitrogen and oxygen atoms in total. The summed E-state index contributed by atoms with van der Waals surface area (Å²) < 4.78 is 45.5. The van der Waals surface area contributed by atoms with Crippen LogP contribution in [-0.2, 0) is 9.53 Å². The van der Waals surface area contributed by atoms with Crippen LogP contribution in [0.5, 0.6) is 5.75 Å². The van der Waals surface area contributed by atoms with Crippen LogP contribution in [0, 0.1) is 0 Å². The van der Waals surface area contributed by atoms with Crippen LogP contribution in [0.1, 0.15) is 18.0 Å². The fraction of sp³-hybridized carbons (Fsp3) is 0.462. The Kier molecular flexibility index (Phi) is 4.69. The van der Waals surface area contributed by atoms with Gasteiger partial charge in [0.25, 0.3) is 5.91 Å². The van der Waals surface area contributed by atoms with Gasteiger partial charge in [0, 0.05) is 12.6 Å². The Morgan fingerprint density at radius 1 is 1.43 bits per heavy atom. The average molecular weight is 304 g/mol. The van der Waals surface area contributed by atoms with Crippen molar-refractivity contribution in [2.75, 3.05) is 25.1 Å². The highest BCUT2D eigenvalue weighted by molar-refractivity contribution is 5.95. The maximum atomic E-state index is 11.9. The van der Waals surface area contributed by atoms with Crippen LogP contribution in [0.4, 0.5) is 18.9 Å². The number of hydrogen-bond acceptors (Lipinski definition) is 4. The second-order valence-electron chi connectivity index (χ2n) is 4.66. The third-order valence-corrected chi connectivity index (χ3v) is 2.90. The molecule has 1 aromatic carbocycles. The van der Waals surface area contributed by atoms with Crippen molar-refractivity contribution in [1.82, 2.24) is 0 Å². The molecule has 0 fully saturated rings. The quantitative estimate of drug-likeness (QED) is 0.816. The van der Waals surface area contributed by atoms with Gasteiger partial charge < -0.3 is 20.5 Å². The van der Waals surface area contributed by atoms with Gasteiger partial charge in [0.1, 0.15) is 12.4 Å². The zero-order valence-corrected chi connectivity index (χ0v) is 11.1. The summed E-state index contributed by atoms with van der Waals surface area (Å²) in [6, 6.07) is 4.55. The molecule has 1 amide bonds. The molecule has 1 aliphatic heterocycles. The van der Waals surface area contributed by atoms with Gasteiger partial charge in [-0.05, 0) is 24.1 Å². The number of amides is 1. The van der Waals surface area contributed by atoms with Gasteiger partial charge in [0.2, 0.25) is 0 Å². The number of rotatable bonds is 5. The number of halogens is 3. The molecule has 1 unspecified atom stereocenters. The second-order valence-corrected chi connectivity index (χ2v) is 4.66. The van der Waals surface area contributed by atoms with Gasteiger partial charge in [-0.1, -0.05) is 6.07 Å². The number of carbonyl (C=O) groups excluding carboxylic acids is 1. The second kappa shape index (κ2) is 6.31. The molecular formula is C13H15F3N2O3. The molecule has 0 aromatic heterocycles. The fourth-order valence-electron chi connectivity index (χ4n) is 1.90. The van der Waals surface area contributed by atoms with E-state index in [1.165, 1.54) is 0 Å². The van der Waals surface area contributed by atoms with E-state index in [-0.39, 0.29) is 25.5 Å². The molecule has 0 radical (unpaired) electrons. The fourth-order valence-corrected chi connectivity index (χ4v) is 1.90. The first-order chi connectivity index (χ1) is 9.85. The summed E-state index contributed by atoms with van der Waals surface area (Å²) in [4.78, 5) is 11.2. The Balaban J connectivity index is 1.89. The number of nitrogens with one attached hydrogen (secondary N) is 1. The largest absolute Gasteiger partial charge is 0.482 e. The smallest absolute Gasteiger partial charge is 0.411 e. The highest BCUT2D eigenvalue weighted by Crippen LogP contribution is 2.30. The summed E-state index contributed by atoms with van der Waals surface area (Å²) in [6.07, 6.45) is -4.10. The van der Waals surface area contributed by atoms with E-state index < -0.39 is 18.8 Å². The van der Waals surface area contributed by atoms with E-state index in [1.54, 1.807) is 18.2 Å². The molecule has 0 saturated heterocycles. The summed E-state index contributed by atoms with van der Waals surface area (Å²) in [5.74, 6) is 0.278. The predicted octanol–water partition coefficient (Wildman–Crippen LogP) is 1.99. The highest BCUT2D eigenvalue weighted by Gasteiger charge is 2.27. The number of fused-ring (bicyclic) bond motifs is 1. The molecule has 0 aliphatic carbocycles. The first kappa shape index (κ1) is 15.6. The summed E-state index contributed by atoms with van der Waals surface area (Å²) in [7, 11) is 0. The molecule has 0 spiro atoms. The lowest BCUT2D eigenvalue weighted by Gasteiger charge is -2.20. The zero-order valence-electron chi connectivity index (χ0n) is 11.1. The molecule has 1 atom stereocenters. The van der Waals surface area contributed by atoms with Crippen LogP contribution < -0.4 is 15.8 Å². The minimum absolute atomic E-state index is 0.0380. The van der Waals surface area contributed by atoms with E-state index in [2.05, 4.69) is 10.1 Å². The SMILES string of the molecule is NC(CCOCC(F)(F)F)c1ccc2c(c1)NC(=O)CO2. The number of anilines is 1. The van der Waals surface area contributed by atoms with Gasteiger partial charge in [-0.3, -0.25) is 4.79 Å². The lowest BCUT2D eigenvalue weighted by atomic mass is 10.0. The Hall–Kier alpha value is -1.80. The zero-order chi connectivity index (χ0) is 15.5. The van der Waals surface area contributed by atoms with Crippen LogP contribution >= 0.6 is 0 Å². The average Bonchev–Trinajstić information content (AvgIpc) is 2.41. The summed E-state index contributed by atoms with van der Waals surface area (Å²) in [5.41, 5.74) is 7.10. The maximum absolute atomic E-state index is 11.9. The topological polar surface area (TPSA) is 73.6 Å². The lowest BCUT2D eigenvalue weighted by molar-refractivity contribution is -0.174. The van der Waals surface area contributed by atoms with E-state index in [0.717, 1.165) is 0 Å². The Labute approximate surface area is 119 Å². The Morgan fingerprint density at radius 3 is 2.90 bits per heavy atom. The van der Waals surface area contributed by atoms with Crippen LogP contribution in [-0.4, -0.2) is 31.9 Å². The van der Waals surface area contributed by atoms with Gasteiger partial charge in [0.05, 0.1) is 5.69 Å². The summed E-state index contributed by atoms with van der Waals surface area (Å²) >= 11 is 0. The molecule has 2 rings (SSSR count). The monoisotopic (exact) mass is 304 g/mol. The minimum atomic E-state index is -4.34. The molecule has 1 heterocycles. The standard InChI is InChI=1S/C13H15F3N2O3/c14-13(15,16)7-20-4-3-9(17)8-1-2-11-10(5-8)18-12(19)6-21-11/h1-2,5,9H,3-4,6-7,17H2,(H,18,19). The molecular weight excluding hydrogens is 289 g/mol. The van der Waals surface area contributed by atoms with Crippen LogP contribution in [0.25, 0.3) is 0 Å². The summed E-state index contributed by atoms with van der Waals surface area (Å²) in [5, 5.41) is 2.64. The van der Waals surface area contributed by atoms with E-state index >= 15 is 0 Å². The van der Waals surface area contributed by atoms with E-state index in [1.807, 2.05) is 0 Å². The third kappa shape index (κ3) is 4.61. The number of hydrogen-bond donors (Lipinski definition) is 2. The molecule has 8 heteroatoms.